The summed E-state index contributed by atoms with van der Waals surface area (Å²) in [5, 5.41) is 0.570. The number of aromatic nitrogens is 2. The number of sulfonamides is 1. The molecular weight excluding hydrogens is 520 g/mol. The van der Waals surface area contributed by atoms with Crippen LogP contribution in [0.25, 0.3) is 10.2 Å². The predicted octanol–water partition coefficient (Wildman–Crippen LogP) is 4.95. The minimum atomic E-state index is -3.71. The van der Waals surface area contributed by atoms with E-state index in [1.54, 1.807) is 30.3 Å². The van der Waals surface area contributed by atoms with Crippen molar-refractivity contribution in [2.75, 3.05) is 25.1 Å². The minimum absolute atomic E-state index is 0.0862. The summed E-state index contributed by atoms with van der Waals surface area (Å²) in [6.07, 6.45) is 3.40. The second-order valence-corrected chi connectivity index (χ2v) is 12.6. The van der Waals surface area contributed by atoms with Gasteiger partial charge < -0.3 is 4.74 Å². The van der Waals surface area contributed by atoms with E-state index in [4.69, 9.17) is 9.72 Å². The summed E-state index contributed by atoms with van der Waals surface area (Å²) in [5.41, 5.74) is 4.11. The number of aryl methyl sites for hydroxylation is 2. The summed E-state index contributed by atoms with van der Waals surface area (Å²) < 4.78 is 34.2. The van der Waals surface area contributed by atoms with Gasteiger partial charge in [-0.2, -0.15) is 4.31 Å². The standard InChI is InChI=1S/C28H30N4O4S2/c1-19-9-10-20(2)26-25(19)30-28(37-26)32(17-22-7-4-5-15-29-22)27(33)21-11-13-24(14-12-21)38(34,35)31(3)18-23-8-6-16-36-23/h4-5,7,9-15,23H,6,8,16-18H2,1-3H3. The lowest BCUT2D eigenvalue weighted by molar-refractivity contribution is 0.0978. The molecule has 1 atom stereocenters. The Morgan fingerprint density at radius 3 is 2.50 bits per heavy atom. The molecule has 10 heteroatoms. The molecule has 1 unspecified atom stereocenters. The number of nitrogens with zero attached hydrogens (tertiary/aromatic N) is 4. The predicted molar refractivity (Wildman–Crippen MR) is 149 cm³/mol. The molecule has 0 spiro atoms. The maximum absolute atomic E-state index is 13.8. The van der Waals surface area contributed by atoms with Crippen LogP contribution in [-0.4, -0.2) is 54.9 Å². The van der Waals surface area contributed by atoms with E-state index < -0.39 is 10.0 Å². The molecule has 8 nitrogen and oxygen atoms in total. The Kier molecular flexibility index (Phi) is 7.58. The Bertz CT molecular complexity index is 1510. The van der Waals surface area contributed by atoms with Gasteiger partial charge in [-0.25, -0.2) is 13.4 Å². The molecule has 0 saturated carbocycles. The van der Waals surface area contributed by atoms with Gasteiger partial charge in [0.2, 0.25) is 10.0 Å². The first-order valence-electron chi connectivity index (χ1n) is 12.5. The Morgan fingerprint density at radius 1 is 1.08 bits per heavy atom. The molecule has 4 aromatic rings. The molecule has 198 valence electrons. The molecule has 1 aliphatic rings. The van der Waals surface area contributed by atoms with E-state index in [1.165, 1.54) is 27.8 Å². The fourth-order valence-electron chi connectivity index (χ4n) is 4.52. The molecule has 38 heavy (non-hydrogen) atoms. The van der Waals surface area contributed by atoms with Crippen LogP contribution in [0.4, 0.5) is 5.13 Å². The Morgan fingerprint density at radius 2 is 1.84 bits per heavy atom. The quantitative estimate of drug-likeness (QED) is 0.308. The SMILES string of the molecule is Cc1ccc(C)c2sc(N(Cc3ccccn3)C(=O)c3ccc(S(=O)(=O)N(C)CC4CCCO4)cc3)nc12. The van der Waals surface area contributed by atoms with Crippen molar-refractivity contribution in [3.8, 4) is 0 Å². The molecule has 1 amide bonds. The van der Waals surface area contributed by atoms with Crippen molar-refractivity contribution in [1.29, 1.82) is 0 Å². The second kappa shape index (κ2) is 10.9. The highest BCUT2D eigenvalue weighted by atomic mass is 32.2. The number of benzene rings is 2. The average Bonchev–Trinajstić information content (AvgIpc) is 3.61. The summed E-state index contributed by atoms with van der Waals surface area (Å²) in [4.78, 5) is 24.8. The van der Waals surface area contributed by atoms with E-state index in [9.17, 15) is 13.2 Å². The van der Waals surface area contributed by atoms with Gasteiger partial charge in [-0.05, 0) is 74.2 Å². The number of rotatable bonds is 8. The van der Waals surface area contributed by atoms with Crippen molar-refractivity contribution in [3.05, 3.63) is 83.2 Å². The van der Waals surface area contributed by atoms with Crippen LogP contribution in [0, 0.1) is 13.8 Å². The largest absolute Gasteiger partial charge is 0.377 e. The van der Waals surface area contributed by atoms with Crippen molar-refractivity contribution in [2.45, 2.75) is 44.2 Å². The molecule has 0 bridgehead atoms. The number of hydrogen-bond acceptors (Lipinski definition) is 7. The van der Waals surface area contributed by atoms with Crippen LogP contribution in [0.1, 0.15) is 40.0 Å². The van der Waals surface area contributed by atoms with Gasteiger partial charge in [-0.15, -0.1) is 0 Å². The zero-order valence-corrected chi connectivity index (χ0v) is 23.3. The molecule has 1 saturated heterocycles. The first-order chi connectivity index (χ1) is 18.2. The molecule has 5 rings (SSSR count). The summed E-state index contributed by atoms with van der Waals surface area (Å²) in [6.45, 7) is 5.24. The number of likely N-dealkylation sites (N-methyl/N-ethyl adjacent to an activating group) is 1. The number of thiazole rings is 1. The highest BCUT2D eigenvalue weighted by Crippen LogP contribution is 2.34. The molecule has 2 aromatic heterocycles. The molecule has 0 aliphatic carbocycles. The van der Waals surface area contributed by atoms with Crippen LogP contribution < -0.4 is 4.90 Å². The van der Waals surface area contributed by atoms with E-state index in [0.717, 1.165) is 39.9 Å². The number of anilines is 1. The van der Waals surface area contributed by atoms with Gasteiger partial charge in [0.1, 0.15) is 0 Å². The van der Waals surface area contributed by atoms with Crippen LogP contribution in [0.2, 0.25) is 0 Å². The van der Waals surface area contributed by atoms with Crippen LogP contribution in [0.5, 0.6) is 0 Å². The highest BCUT2D eigenvalue weighted by Gasteiger charge is 2.27. The van der Waals surface area contributed by atoms with Gasteiger partial charge in [-0.3, -0.25) is 14.7 Å². The topological polar surface area (TPSA) is 92.7 Å². The zero-order chi connectivity index (χ0) is 26.9. The molecule has 2 aromatic carbocycles. The first-order valence-corrected chi connectivity index (χ1v) is 14.8. The second-order valence-electron chi connectivity index (χ2n) is 9.53. The van der Waals surface area contributed by atoms with E-state index in [1.807, 2.05) is 38.1 Å². The number of amides is 1. The van der Waals surface area contributed by atoms with Crippen LogP contribution in [0.3, 0.4) is 0 Å². The number of pyridine rings is 1. The van der Waals surface area contributed by atoms with Crippen molar-refractivity contribution in [1.82, 2.24) is 14.3 Å². The smallest absolute Gasteiger partial charge is 0.260 e. The van der Waals surface area contributed by atoms with Gasteiger partial charge in [0, 0.05) is 32.0 Å². The highest BCUT2D eigenvalue weighted by molar-refractivity contribution is 7.89. The monoisotopic (exact) mass is 550 g/mol. The van der Waals surface area contributed by atoms with Gasteiger partial charge in [0.25, 0.3) is 5.91 Å². The van der Waals surface area contributed by atoms with Gasteiger partial charge in [0.05, 0.1) is 33.5 Å². The normalized spacial score (nSPS) is 15.8. The van der Waals surface area contributed by atoms with Gasteiger partial charge >= 0.3 is 0 Å². The van der Waals surface area contributed by atoms with Gasteiger partial charge in [0.15, 0.2) is 5.13 Å². The van der Waals surface area contributed by atoms with Gasteiger partial charge in [-0.1, -0.05) is 29.5 Å². The maximum atomic E-state index is 13.8. The van der Waals surface area contributed by atoms with Crippen molar-refractivity contribution < 1.29 is 17.9 Å². The lowest BCUT2D eigenvalue weighted by atomic mass is 10.1. The molecule has 1 fully saturated rings. The van der Waals surface area contributed by atoms with Crippen molar-refractivity contribution in [2.24, 2.45) is 0 Å². The van der Waals surface area contributed by atoms with E-state index in [0.29, 0.717) is 23.8 Å². The van der Waals surface area contributed by atoms with Crippen LogP contribution >= 0.6 is 11.3 Å². The number of hydrogen-bond donors (Lipinski definition) is 0. The number of carbonyl (C=O) groups is 1. The summed E-state index contributed by atoms with van der Waals surface area (Å²) >= 11 is 1.47. The summed E-state index contributed by atoms with van der Waals surface area (Å²) in [7, 11) is -2.15. The number of fused-ring (bicyclic) bond motifs is 1. The number of ether oxygens (including phenoxy) is 1. The fraction of sp³-hybridized carbons (Fsp3) is 0.321. The molecule has 3 heterocycles. The van der Waals surface area contributed by atoms with Crippen molar-refractivity contribution >= 4 is 42.6 Å². The fourth-order valence-corrected chi connectivity index (χ4v) is 6.83. The van der Waals surface area contributed by atoms with E-state index >= 15 is 0 Å². The van der Waals surface area contributed by atoms with E-state index in [2.05, 4.69) is 11.1 Å². The minimum Gasteiger partial charge on any atom is -0.377 e. The lowest BCUT2D eigenvalue weighted by Gasteiger charge is -2.21. The van der Waals surface area contributed by atoms with Crippen molar-refractivity contribution in [3.63, 3.8) is 0 Å². The third-order valence-electron chi connectivity index (χ3n) is 6.75. The summed E-state index contributed by atoms with van der Waals surface area (Å²) in [6, 6.07) is 15.7. The van der Waals surface area contributed by atoms with Crippen LogP contribution in [0.15, 0.2) is 65.7 Å². The third kappa shape index (κ3) is 5.35. The van der Waals surface area contributed by atoms with E-state index in [-0.39, 0.29) is 23.5 Å². The molecule has 0 radical (unpaired) electrons. The number of carbonyl (C=O) groups excluding carboxylic acids is 1. The third-order valence-corrected chi connectivity index (χ3v) is 9.80. The Labute approximate surface area is 227 Å². The summed E-state index contributed by atoms with van der Waals surface area (Å²) in [5.74, 6) is -0.276. The van der Waals surface area contributed by atoms with Crippen LogP contribution in [-0.2, 0) is 21.3 Å². The zero-order valence-electron chi connectivity index (χ0n) is 21.6. The first kappa shape index (κ1) is 26.4. The average molecular weight is 551 g/mol. The Balaban J connectivity index is 1.45. The maximum Gasteiger partial charge on any atom is 0.260 e. The lowest BCUT2D eigenvalue weighted by Crippen LogP contribution is -2.34. The molecular formula is C28H30N4O4S2. The molecule has 0 N–H and O–H groups in total. The Hall–Kier alpha value is -3.18. The molecule has 1 aliphatic heterocycles.